The molecular formula is C19H16N4O4S. The average Bonchev–Trinajstić information content (AvgIpc) is 3.15. The Morgan fingerprint density at radius 2 is 1.86 bits per heavy atom. The van der Waals surface area contributed by atoms with Crippen LogP contribution in [0.25, 0.3) is 0 Å². The summed E-state index contributed by atoms with van der Waals surface area (Å²) in [6.07, 6.45) is 3.08. The highest BCUT2D eigenvalue weighted by atomic mass is 32.1. The van der Waals surface area contributed by atoms with Crippen molar-refractivity contribution < 1.29 is 19.1 Å². The Morgan fingerprint density at radius 3 is 2.61 bits per heavy atom. The van der Waals surface area contributed by atoms with E-state index in [2.05, 4.69) is 25.3 Å². The molecular weight excluding hydrogens is 380 g/mol. The molecule has 0 radical (unpaired) electrons. The normalized spacial score (nSPS) is 10.2. The first-order valence-electron chi connectivity index (χ1n) is 8.19. The second-order valence-electron chi connectivity index (χ2n) is 5.63. The third-order valence-corrected chi connectivity index (χ3v) is 4.44. The predicted molar refractivity (Wildman–Crippen MR) is 104 cm³/mol. The zero-order chi connectivity index (χ0) is 19.9. The Kier molecular flexibility index (Phi) is 6.07. The number of aromatic nitrogens is 2. The van der Waals surface area contributed by atoms with Crippen LogP contribution >= 0.6 is 11.3 Å². The van der Waals surface area contributed by atoms with Gasteiger partial charge in [-0.25, -0.2) is 4.98 Å². The van der Waals surface area contributed by atoms with Crippen molar-refractivity contribution in [1.82, 2.24) is 9.97 Å². The zero-order valence-corrected chi connectivity index (χ0v) is 15.7. The van der Waals surface area contributed by atoms with Gasteiger partial charge in [0, 0.05) is 29.0 Å². The molecule has 0 saturated heterocycles. The lowest BCUT2D eigenvalue weighted by Gasteiger charge is -2.07. The van der Waals surface area contributed by atoms with Crippen LogP contribution in [0.15, 0.2) is 54.2 Å². The van der Waals surface area contributed by atoms with Crippen molar-refractivity contribution in [2.45, 2.75) is 6.42 Å². The maximum atomic E-state index is 12.5. The predicted octanol–water partition coefficient (Wildman–Crippen LogP) is 2.76. The molecule has 0 unspecified atom stereocenters. The molecule has 3 aromatic rings. The lowest BCUT2D eigenvalue weighted by atomic mass is 10.2. The fourth-order valence-electron chi connectivity index (χ4n) is 2.27. The van der Waals surface area contributed by atoms with Crippen LogP contribution in [0.1, 0.15) is 26.4 Å². The maximum absolute atomic E-state index is 12.5. The second kappa shape index (κ2) is 8.87. The van der Waals surface area contributed by atoms with E-state index >= 15 is 0 Å². The summed E-state index contributed by atoms with van der Waals surface area (Å²) in [4.78, 5) is 44.0. The molecule has 0 aliphatic rings. The number of amides is 2. The number of esters is 1. The van der Waals surface area contributed by atoms with E-state index in [-0.39, 0.29) is 18.2 Å². The molecule has 8 nitrogen and oxygen atoms in total. The number of anilines is 2. The van der Waals surface area contributed by atoms with E-state index in [0.29, 0.717) is 27.6 Å². The first-order valence-corrected chi connectivity index (χ1v) is 9.07. The van der Waals surface area contributed by atoms with Crippen LogP contribution in [0.5, 0.6) is 0 Å². The highest BCUT2D eigenvalue weighted by Gasteiger charge is 2.13. The van der Waals surface area contributed by atoms with Gasteiger partial charge in [0.1, 0.15) is 0 Å². The molecule has 0 atom stereocenters. The molecule has 2 N–H and O–H groups in total. The van der Waals surface area contributed by atoms with Gasteiger partial charge >= 0.3 is 5.97 Å². The standard InChI is InChI=1S/C19H16N4O4S/c1-27-16(24)9-15-11-28-19(22-15)23-17(25)12-4-2-6-14(8-12)21-18(26)13-5-3-7-20-10-13/h2-8,10-11H,9H2,1H3,(H,21,26)(H,22,23,25). The summed E-state index contributed by atoms with van der Waals surface area (Å²) in [5.74, 6) is -1.10. The van der Waals surface area contributed by atoms with Crippen LogP contribution in [-0.4, -0.2) is 34.9 Å². The van der Waals surface area contributed by atoms with Gasteiger partial charge in [-0.2, -0.15) is 0 Å². The number of nitrogens with one attached hydrogen (secondary N) is 2. The second-order valence-corrected chi connectivity index (χ2v) is 6.49. The fourth-order valence-corrected chi connectivity index (χ4v) is 2.98. The summed E-state index contributed by atoms with van der Waals surface area (Å²) in [6.45, 7) is 0. The Hall–Kier alpha value is -3.59. The van der Waals surface area contributed by atoms with Gasteiger partial charge in [-0.3, -0.25) is 24.7 Å². The summed E-state index contributed by atoms with van der Waals surface area (Å²) in [6, 6.07) is 9.85. The third kappa shape index (κ3) is 4.98. The number of ether oxygens (including phenoxy) is 1. The summed E-state index contributed by atoms with van der Waals surface area (Å²) in [5, 5.41) is 7.45. The molecule has 0 spiro atoms. The number of rotatable bonds is 6. The number of pyridine rings is 1. The average molecular weight is 396 g/mol. The summed E-state index contributed by atoms with van der Waals surface area (Å²) >= 11 is 1.21. The minimum atomic E-state index is -0.403. The summed E-state index contributed by atoms with van der Waals surface area (Å²) in [5.41, 5.74) is 1.77. The lowest BCUT2D eigenvalue weighted by molar-refractivity contribution is -0.139. The highest BCUT2D eigenvalue weighted by Crippen LogP contribution is 2.18. The molecule has 0 aliphatic carbocycles. The molecule has 142 valence electrons. The molecule has 2 aromatic heterocycles. The van der Waals surface area contributed by atoms with Crippen LogP contribution in [0.3, 0.4) is 0 Å². The van der Waals surface area contributed by atoms with Gasteiger partial charge < -0.3 is 10.1 Å². The number of nitrogens with zero attached hydrogens (tertiary/aromatic N) is 2. The van der Waals surface area contributed by atoms with Crippen LogP contribution < -0.4 is 10.6 Å². The van der Waals surface area contributed by atoms with Gasteiger partial charge in [0.05, 0.1) is 24.8 Å². The first-order chi connectivity index (χ1) is 13.5. The molecule has 0 fully saturated rings. The van der Waals surface area contributed by atoms with Crippen LogP contribution in [0.4, 0.5) is 10.8 Å². The van der Waals surface area contributed by atoms with Crippen molar-refractivity contribution in [1.29, 1.82) is 0 Å². The molecule has 2 heterocycles. The largest absolute Gasteiger partial charge is 0.469 e. The third-order valence-electron chi connectivity index (χ3n) is 3.63. The summed E-state index contributed by atoms with van der Waals surface area (Å²) in [7, 11) is 1.30. The molecule has 0 saturated carbocycles. The molecule has 9 heteroatoms. The van der Waals surface area contributed by atoms with Crippen LogP contribution in [0, 0.1) is 0 Å². The number of carbonyl (C=O) groups is 3. The quantitative estimate of drug-likeness (QED) is 0.620. The molecule has 0 aliphatic heterocycles. The van der Waals surface area contributed by atoms with Crippen molar-refractivity contribution >= 4 is 39.9 Å². The minimum absolute atomic E-state index is 0.0404. The Bertz CT molecular complexity index is 1000. The number of carbonyl (C=O) groups excluding carboxylic acids is 3. The molecule has 1 aromatic carbocycles. The first kappa shape index (κ1) is 19.2. The van der Waals surface area contributed by atoms with Crippen molar-refractivity contribution in [2.75, 3.05) is 17.7 Å². The lowest BCUT2D eigenvalue weighted by Crippen LogP contribution is -2.15. The molecule has 3 rings (SSSR count). The van der Waals surface area contributed by atoms with Gasteiger partial charge in [0.25, 0.3) is 11.8 Å². The minimum Gasteiger partial charge on any atom is -0.469 e. The van der Waals surface area contributed by atoms with E-state index in [1.54, 1.807) is 48.0 Å². The molecule has 0 bridgehead atoms. The smallest absolute Gasteiger partial charge is 0.311 e. The van der Waals surface area contributed by atoms with Gasteiger partial charge in [-0.1, -0.05) is 6.07 Å². The zero-order valence-electron chi connectivity index (χ0n) is 14.8. The SMILES string of the molecule is COC(=O)Cc1csc(NC(=O)c2cccc(NC(=O)c3cccnc3)c2)n1. The Balaban J connectivity index is 1.65. The monoisotopic (exact) mass is 396 g/mol. The van der Waals surface area contributed by atoms with Gasteiger partial charge in [0.15, 0.2) is 5.13 Å². The molecule has 28 heavy (non-hydrogen) atoms. The number of hydrogen-bond donors (Lipinski definition) is 2. The Morgan fingerprint density at radius 1 is 1.07 bits per heavy atom. The van der Waals surface area contributed by atoms with E-state index in [1.807, 2.05) is 0 Å². The molecule has 2 amide bonds. The van der Waals surface area contributed by atoms with Crippen molar-refractivity contribution in [3.05, 3.63) is 71.0 Å². The Labute approximate surface area is 164 Å². The van der Waals surface area contributed by atoms with Crippen molar-refractivity contribution in [3.8, 4) is 0 Å². The van der Waals surface area contributed by atoms with Gasteiger partial charge in [0.2, 0.25) is 0 Å². The van der Waals surface area contributed by atoms with Crippen LogP contribution in [0.2, 0.25) is 0 Å². The highest BCUT2D eigenvalue weighted by molar-refractivity contribution is 7.14. The van der Waals surface area contributed by atoms with Gasteiger partial charge in [-0.05, 0) is 30.3 Å². The number of hydrogen-bond acceptors (Lipinski definition) is 7. The van der Waals surface area contributed by atoms with E-state index in [0.717, 1.165) is 0 Å². The van der Waals surface area contributed by atoms with Gasteiger partial charge in [-0.15, -0.1) is 11.3 Å². The number of thiazole rings is 1. The summed E-state index contributed by atoms with van der Waals surface area (Å²) < 4.78 is 4.59. The topological polar surface area (TPSA) is 110 Å². The number of benzene rings is 1. The fraction of sp³-hybridized carbons (Fsp3) is 0.105. The van der Waals surface area contributed by atoms with E-state index in [4.69, 9.17) is 0 Å². The van der Waals surface area contributed by atoms with E-state index < -0.39 is 5.97 Å². The van der Waals surface area contributed by atoms with Crippen LogP contribution in [-0.2, 0) is 16.0 Å². The van der Waals surface area contributed by atoms with E-state index in [1.165, 1.54) is 24.6 Å². The van der Waals surface area contributed by atoms with E-state index in [9.17, 15) is 14.4 Å². The van der Waals surface area contributed by atoms with Crippen molar-refractivity contribution in [2.24, 2.45) is 0 Å². The maximum Gasteiger partial charge on any atom is 0.311 e. The van der Waals surface area contributed by atoms with Crippen molar-refractivity contribution in [3.63, 3.8) is 0 Å². The number of methoxy groups -OCH3 is 1.